The molecule has 1 atom stereocenters. The first-order chi connectivity index (χ1) is 12.7. The summed E-state index contributed by atoms with van der Waals surface area (Å²) in [5, 5.41) is 9.51. The standard InChI is InChI=1S/C19H22N4O3/c1-4-23-14-9-10-22(15(11-25-3)17(14)20-21-23)19(24)18-12(2)13-7-5-6-8-16(13)26-18/h5-8,15H,4,9-11H2,1-3H3. The zero-order chi connectivity index (χ0) is 18.3. The fraction of sp³-hybridized carbons (Fsp3) is 0.421. The highest BCUT2D eigenvalue weighted by Gasteiger charge is 2.37. The third-order valence-electron chi connectivity index (χ3n) is 5.07. The number of methoxy groups -OCH3 is 1. The predicted octanol–water partition coefficient (Wildman–Crippen LogP) is 2.74. The van der Waals surface area contributed by atoms with Crippen LogP contribution < -0.4 is 0 Å². The van der Waals surface area contributed by atoms with Gasteiger partial charge in [-0.25, -0.2) is 4.68 Å². The molecule has 3 aromatic rings. The van der Waals surface area contributed by atoms with Crippen LogP contribution in [0, 0.1) is 6.92 Å². The van der Waals surface area contributed by atoms with Gasteiger partial charge in [0.1, 0.15) is 17.3 Å². The quantitative estimate of drug-likeness (QED) is 0.720. The van der Waals surface area contributed by atoms with Crippen LogP contribution in [0.1, 0.15) is 40.5 Å². The number of aromatic nitrogens is 3. The Labute approximate surface area is 151 Å². The molecule has 7 heteroatoms. The number of aryl methyl sites for hydroxylation is 2. The first kappa shape index (κ1) is 16.8. The van der Waals surface area contributed by atoms with Crippen LogP contribution in [0.3, 0.4) is 0 Å². The van der Waals surface area contributed by atoms with Crippen molar-refractivity contribution < 1.29 is 13.9 Å². The van der Waals surface area contributed by atoms with Crippen LogP contribution in [0.5, 0.6) is 0 Å². The summed E-state index contributed by atoms with van der Waals surface area (Å²) >= 11 is 0. The van der Waals surface area contributed by atoms with E-state index in [1.165, 1.54) is 0 Å². The van der Waals surface area contributed by atoms with E-state index in [0.29, 0.717) is 18.9 Å². The molecule has 1 unspecified atom stereocenters. The Balaban J connectivity index is 1.73. The lowest BCUT2D eigenvalue weighted by Gasteiger charge is -2.34. The van der Waals surface area contributed by atoms with Gasteiger partial charge in [0.2, 0.25) is 0 Å². The zero-order valence-corrected chi connectivity index (χ0v) is 15.2. The van der Waals surface area contributed by atoms with Gasteiger partial charge in [0, 0.05) is 37.6 Å². The highest BCUT2D eigenvalue weighted by molar-refractivity contribution is 5.99. The van der Waals surface area contributed by atoms with Crippen LogP contribution >= 0.6 is 0 Å². The number of rotatable bonds is 4. The van der Waals surface area contributed by atoms with Crippen LogP contribution in [0.2, 0.25) is 0 Å². The summed E-state index contributed by atoms with van der Waals surface area (Å²) in [6.07, 6.45) is 0.724. The molecule has 2 aromatic heterocycles. The first-order valence-corrected chi connectivity index (χ1v) is 8.86. The van der Waals surface area contributed by atoms with E-state index in [2.05, 4.69) is 10.3 Å². The molecule has 0 spiro atoms. The fourth-order valence-electron chi connectivity index (χ4n) is 3.72. The number of fused-ring (bicyclic) bond motifs is 2. The van der Waals surface area contributed by atoms with Crippen molar-refractivity contribution in [2.24, 2.45) is 0 Å². The van der Waals surface area contributed by atoms with E-state index in [0.717, 1.165) is 40.9 Å². The molecule has 1 amide bonds. The summed E-state index contributed by atoms with van der Waals surface area (Å²) in [4.78, 5) is 15.1. The number of benzene rings is 1. The van der Waals surface area contributed by atoms with E-state index in [4.69, 9.17) is 9.15 Å². The molecule has 1 aromatic carbocycles. The van der Waals surface area contributed by atoms with Gasteiger partial charge in [-0.2, -0.15) is 0 Å². The van der Waals surface area contributed by atoms with Gasteiger partial charge in [0.15, 0.2) is 5.76 Å². The number of carbonyl (C=O) groups excluding carboxylic acids is 1. The van der Waals surface area contributed by atoms with Gasteiger partial charge >= 0.3 is 0 Å². The largest absolute Gasteiger partial charge is 0.451 e. The number of hydrogen-bond acceptors (Lipinski definition) is 5. The molecule has 0 bridgehead atoms. The number of hydrogen-bond donors (Lipinski definition) is 0. The second kappa shape index (κ2) is 6.57. The van der Waals surface area contributed by atoms with Gasteiger partial charge in [-0.15, -0.1) is 5.10 Å². The number of para-hydroxylation sites is 1. The monoisotopic (exact) mass is 354 g/mol. The van der Waals surface area contributed by atoms with Gasteiger partial charge < -0.3 is 14.1 Å². The number of amides is 1. The second-order valence-electron chi connectivity index (χ2n) is 6.51. The molecular formula is C19H22N4O3. The van der Waals surface area contributed by atoms with Gasteiger partial charge in [-0.3, -0.25) is 4.79 Å². The molecule has 0 saturated heterocycles. The summed E-state index contributed by atoms with van der Waals surface area (Å²) in [5.41, 5.74) is 3.50. The molecule has 3 heterocycles. The molecule has 0 saturated carbocycles. The second-order valence-corrected chi connectivity index (χ2v) is 6.51. The lowest BCUT2D eigenvalue weighted by molar-refractivity contribution is 0.0463. The van der Waals surface area contributed by atoms with Crippen LogP contribution in [-0.4, -0.2) is 46.1 Å². The minimum atomic E-state index is -0.260. The molecule has 0 radical (unpaired) electrons. The van der Waals surface area contributed by atoms with Crippen LogP contribution in [-0.2, 0) is 17.7 Å². The third kappa shape index (κ3) is 2.50. The van der Waals surface area contributed by atoms with Gasteiger partial charge in [-0.05, 0) is 19.9 Å². The molecule has 136 valence electrons. The van der Waals surface area contributed by atoms with E-state index in [-0.39, 0.29) is 11.9 Å². The Morgan fingerprint density at radius 2 is 2.19 bits per heavy atom. The van der Waals surface area contributed by atoms with E-state index in [9.17, 15) is 4.79 Å². The Hall–Kier alpha value is -2.67. The van der Waals surface area contributed by atoms with Crippen molar-refractivity contribution in [2.45, 2.75) is 32.9 Å². The summed E-state index contributed by atoms with van der Waals surface area (Å²) in [7, 11) is 1.63. The predicted molar refractivity (Wildman–Crippen MR) is 96.0 cm³/mol. The fourth-order valence-corrected chi connectivity index (χ4v) is 3.72. The first-order valence-electron chi connectivity index (χ1n) is 8.86. The minimum absolute atomic E-state index is 0.127. The molecule has 0 N–H and O–H groups in total. The lowest BCUT2D eigenvalue weighted by atomic mass is 10.0. The van der Waals surface area contributed by atoms with Crippen molar-refractivity contribution in [1.82, 2.24) is 19.9 Å². The smallest absolute Gasteiger partial charge is 0.290 e. The highest BCUT2D eigenvalue weighted by Crippen LogP contribution is 2.32. The number of furan rings is 1. The van der Waals surface area contributed by atoms with Crippen LogP contribution in [0.15, 0.2) is 28.7 Å². The Morgan fingerprint density at radius 3 is 2.92 bits per heavy atom. The van der Waals surface area contributed by atoms with Gasteiger partial charge in [0.05, 0.1) is 12.3 Å². The Bertz CT molecular complexity index is 959. The SMILES string of the molecule is CCn1nnc2c1CCN(C(=O)c1oc3ccccc3c1C)C2COC. The van der Waals surface area contributed by atoms with Crippen molar-refractivity contribution in [2.75, 3.05) is 20.3 Å². The average molecular weight is 354 g/mol. The third-order valence-corrected chi connectivity index (χ3v) is 5.07. The molecule has 26 heavy (non-hydrogen) atoms. The lowest BCUT2D eigenvalue weighted by Crippen LogP contribution is -2.42. The maximum atomic E-state index is 13.3. The zero-order valence-electron chi connectivity index (χ0n) is 15.2. The van der Waals surface area contributed by atoms with E-state index in [1.54, 1.807) is 12.0 Å². The van der Waals surface area contributed by atoms with Crippen molar-refractivity contribution >= 4 is 16.9 Å². The number of carbonyl (C=O) groups is 1. The van der Waals surface area contributed by atoms with E-state index in [1.807, 2.05) is 42.8 Å². The highest BCUT2D eigenvalue weighted by atomic mass is 16.5. The topological polar surface area (TPSA) is 73.4 Å². The van der Waals surface area contributed by atoms with Gasteiger partial charge in [-0.1, -0.05) is 23.4 Å². The molecule has 1 aliphatic rings. The molecule has 7 nitrogen and oxygen atoms in total. The number of ether oxygens (including phenoxy) is 1. The maximum Gasteiger partial charge on any atom is 0.290 e. The molecule has 1 aliphatic heterocycles. The van der Waals surface area contributed by atoms with E-state index < -0.39 is 0 Å². The van der Waals surface area contributed by atoms with E-state index >= 15 is 0 Å². The minimum Gasteiger partial charge on any atom is -0.451 e. The van der Waals surface area contributed by atoms with Gasteiger partial charge in [0.25, 0.3) is 5.91 Å². The Kier molecular flexibility index (Phi) is 4.24. The Morgan fingerprint density at radius 1 is 1.38 bits per heavy atom. The molecular weight excluding hydrogens is 332 g/mol. The van der Waals surface area contributed by atoms with Crippen molar-refractivity contribution in [3.05, 3.63) is 47.0 Å². The molecule has 4 rings (SSSR count). The summed E-state index contributed by atoms with van der Waals surface area (Å²) in [5.74, 6) is 0.260. The number of nitrogens with zero attached hydrogens (tertiary/aromatic N) is 4. The van der Waals surface area contributed by atoms with Crippen molar-refractivity contribution in [1.29, 1.82) is 0 Å². The molecule has 0 aliphatic carbocycles. The van der Waals surface area contributed by atoms with Crippen LogP contribution in [0.4, 0.5) is 0 Å². The van der Waals surface area contributed by atoms with Crippen molar-refractivity contribution in [3.8, 4) is 0 Å². The summed E-state index contributed by atoms with van der Waals surface area (Å²) in [6, 6.07) is 7.45. The maximum absolute atomic E-state index is 13.3. The average Bonchev–Trinajstić information content (AvgIpc) is 3.23. The molecule has 0 fully saturated rings. The van der Waals surface area contributed by atoms with Crippen LogP contribution in [0.25, 0.3) is 11.0 Å². The summed E-state index contributed by atoms with van der Waals surface area (Å²) in [6.45, 7) is 5.69. The summed E-state index contributed by atoms with van der Waals surface area (Å²) < 4.78 is 13.2. The normalized spacial score (nSPS) is 16.9. The van der Waals surface area contributed by atoms with Crippen molar-refractivity contribution in [3.63, 3.8) is 0 Å².